The molecule has 1 N–H and O–H groups in total. The number of anilines is 2. The molecule has 130 valence electrons. The quantitative estimate of drug-likeness (QED) is 0.830. The van der Waals surface area contributed by atoms with E-state index in [1.165, 1.54) is 5.56 Å². The van der Waals surface area contributed by atoms with E-state index in [2.05, 4.69) is 28.2 Å². The third kappa shape index (κ3) is 3.93. The molecule has 2 aromatic rings. The number of aryl methyl sites for hydroxylation is 2. The summed E-state index contributed by atoms with van der Waals surface area (Å²) >= 11 is 3.47. The molecule has 0 radical (unpaired) electrons. The van der Waals surface area contributed by atoms with Crippen molar-refractivity contribution in [2.24, 2.45) is 5.92 Å². The van der Waals surface area contributed by atoms with E-state index in [-0.39, 0.29) is 24.2 Å². The molecule has 2 amide bonds. The van der Waals surface area contributed by atoms with Crippen LogP contribution >= 0.6 is 15.9 Å². The first-order valence-electron chi connectivity index (χ1n) is 8.44. The van der Waals surface area contributed by atoms with Crippen molar-refractivity contribution in [1.82, 2.24) is 0 Å². The van der Waals surface area contributed by atoms with Gasteiger partial charge in [0.25, 0.3) is 0 Å². The molecular weight excluding hydrogens is 380 g/mol. The van der Waals surface area contributed by atoms with Crippen LogP contribution in [0.5, 0.6) is 0 Å². The fourth-order valence-corrected chi connectivity index (χ4v) is 3.59. The minimum Gasteiger partial charge on any atom is -0.325 e. The Balaban J connectivity index is 1.69. The van der Waals surface area contributed by atoms with Crippen LogP contribution in [0.2, 0.25) is 0 Å². The van der Waals surface area contributed by atoms with Crippen molar-refractivity contribution >= 4 is 39.1 Å². The highest BCUT2D eigenvalue weighted by Gasteiger charge is 2.35. The maximum absolute atomic E-state index is 12.6. The SMILES string of the molecule is CCc1ccc(N2C[C@@H](C(=O)Nc3ccc(C)cc3Br)CC2=O)cc1. The monoisotopic (exact) mass is 400 g/mol. The van der Waals surface area contributed by atoms with Gasteiger partial charge in [0.2, 0.25) is 11.8 Å². The van der Waals surface area contributed by atoms with E-state index >= 15 is 0 Å². The second-order valence-corrected chi connectivity index (χ2v) is 7.25. The van der Waals surface area contributed by atoms with Gasteiger partial charge in [0, 0.05) is 23.1 Å². The first kappa shape index (κ1) is 17.7. The third-order valence-corrected chi connectivity index (χ3v) is 5.19. The van der Waals surface area contributed by atoms with Crippen LogP contribution in [0, 0.1) is 12.8 Å². The zero-order valence-corrected chi connectivity index (χ0v) is 16.0. The number of hydrogen-bond acceptors (Lipinski definition) is 2. The van der Waals surface area contributed by atoms with Crippen molar-refractivity contribution in [2.45, 2.75) is 26.7 Å². The molecule has 0 unspecified atom stereocenters. The number of hydrogen-bond donors (Lipinski definition) is 1. The lowest BCUT2D eigenvalue weighted by atomic mass is 10.1. The Bertz CT molecular complexity index is 802. The number of rotatable bonds is 4. The number of carbonyl (C=O) groups excluding carboxylic acids is 2. The van der Waals surface area contributed by atoms with Crippen molar-refractivity contribution < 1.29 is 9.59 Å². The molecule has 0 aromatic heterocycles. The minimum atomic E-state index is -0.341. The van der Waals surface area contributed by atoms with E-state index in [0.717, 1.165) is 27.8 Å². The predicted octanol–water partition coefficient (Wildman–Crippen LogP) is 4.31. The minimum absolute atomic E-state index is 0.00706. The molecule has 0 saturated carbocycles. The zero-order valence-electron chi connectivity index (χ0n) is 14.4. The van der Waals surface area contributed by atoms with Crippen LogP contribution in [0.25, 0.3) is 0 Å². The van der Waals surface area contributed by atoms with Crippen molar-refractivity contribution in [2.75, 3.05) is 16.8 Å². The first-order chi connectivity index (χ1) is 12.0. The summed E-state index contributed by atoms with van der Waals surface area (Å²) in [5.74, 6) is -0.468. The van der Waals surface area contributed by atoms with Crippen LogP contribution in [0.3, 0.4) is 0 Å². The van der Waals surface area contributed by atoms with Gasteiger partial charge in [0.15, 0.2) is 0 Å². The van der Waals surface area contributed by atoms with Gasteiger partial charge >= 0.3 is 0 Å². The van der Waals surface area contributed by atoms with Gasteiger partial charge in [-0.1, -0.05) is 25.1 Å². The Morgan fingerprint density at radius 2 is 1.96 bits per heavy atom. The van der Waals surface area contributed by atoms with Crippen molar-refractivity contribution in [1.29, 1.82) is 0 Å². The first-order valence-corrected chi connectivity index (χ1v) is 9.23. The van der Waals surface area contributed by atoms with E-state index in [1.807, 2.05) is 49.4 Å². The lowest BCUT2D eigenvalue weighted by molar-refractivity contribution is -0.122. The Labute approximate surface area is 156 Å². The molecule has 0 spiro atoms. The lowest BCUT2D eigenvalue weighted by Crippen LogP contribution is -2.28. The van der Waals surface area contributed by atoms with Crippen LogP contribution in [0.15, 0.2) is 46.9 Å². The maximum atomic E-state index is 12.6. The summed E-state index contributed by atoms with van der Waals surface area (Å²) in [5.41, 5.74) is 3.93. The molecule has 4 nitrogen and oxygen atoms in total. The van der Waals surface area contributed by atoms with Crippen molar-refractivity contribution in [3.8, 4) is 0 Å². The molecule has 0 bridgehead atoms. The molecule has 1 aliphatic rings. The molecule has 25 heavy (non-hydrogen) atoms. The van der Waals surface area contributed by atoms with Crippen LogP contribution in [0.1, 0.15) is 24.5 Å². The summed E-state index contributed by atoms with van der Waals surface area (Å²) in [7, 11) is 0. The Morgan fingerprint density at radius 1 is 1.24 bits per heavy atom. The second kappa shape index (κ2) is 7.40. The van der Waals surface area contributed by atoms with E-state index in [4.69, 9.17) is 0 Å². The molecule has 1 heterocycles. The van der Waals surface area contributed by atoms with Crippen molar-refractivity contribution in [3.63, 3.8) is 0 Å². The number of amides is 2. The standard InChI is InChI=1S/C20H21BrN2O2/c1-3-14-5-7-16(8-6-14)23-12-15(11-19(23)24)20(25)22-18-9-4-13(2)10-17(18)21/h4-10,15H,3,11-12H2,1-2H3,(H,22,25)/t15-/m0/s1. The number of nitrogens with zero attached hydrogens (tertiary/aromatic N) is 1. The summed E-state index contributed by atoms with van der Waals surface area (Å²) in [4.78, 5) is 26.6. The normalized spacial score (nSPS) is 17.0. The average Bonchev–Trinajstić information content (AvgIpc) is 2.99. The van der Waals surface area contributed by atoms with Gasteiger partial charge in [-0.05, 0) is 64.7 Å². The van der Waals surface area contributed by atoms with Crippen LogP contribution in [-0.2, 0) is 16.0 Å². The number of halogens is 1. The van der Waals surface area contributed by atoms with E-state index in [9.17, 15) is 9.59 Å². The van der Waals surface area contributed by atoms with Gasteiger partial charge in [-0.2, -0.15) is 0 Å². The van der Waals surface area contributed by atoms with E-state index < -0.39 is 0 Å². The molecular formula is C20H21BrN2O2. The highest BCUT2D eigenvalue weighted by atomic mass is 79.9. The number of nitrogens with one attached hydrogen (secondary N) is 1. The van der Waals surface area contributed by atoms with Crippen LogP contribution < -0.4 is 10.2 Å². The lowest BCUT2D eigenvalue weighted by Gasteiger charge is -2.17. The highest BCUT2D eigenvalue weighted by Crippen LogP contribution is 2.28. The number of benzene rings is 2. The summed E-state index contributed by atoms with van der Waals surface area (Å²) in [6, 6.07) is 13.7. The Kier molecular flexibility index (Phi) is 5.23. The smallest absolute Gasteiger partial charge is 0.229 e. The molecule has 5 heteroatoms. The summed E-state index contributed by atoms with van der Waals surface area (Å²) in [6.45, 7) is 4.51. The number of carbonyl (C=O) groups is 2. The molecule has 1 aliphatic heterocycles. The third-order valence-electron chi connectivity index (χ3n) is 4.53. The van der Waals surface area contributed by atoms with Gasteiger partial charge in [0.05, 0.1) is 11.6 Å². The van der Waals surface area contributed by atoms with Crippen molar-refractivity contribution in [3.05, 3.63) is 58.1 Å². The molecule has 1 fully saturated rings. The summed E-state index contributed by atoms with van der Waals surface area (Å²) in [5, 5.41) is 2.93. The second-order valence-electron chi connectivity index (χ2n) is 6.40. The van der Waals surface area contributed by atoms with Gasteiger partial charge in [0.1, 0.15) is 0 Å². The Morgan fingerprint density at radius 3 is 2.60 bits per heavy atom. The molecule has 2 aromatic carbocycles. The van der Waals surface area contributed by atoms with Gasteiger partial charge in [-0.3, -0.25) is 9.59 Å². The topological polar surface area (TPSA) is 49.4 Å². The largest absolute Gasteiger partial charge is 0.325 e. The Hall–Kier alpha value is -2.14. The molecule has 0 aliphatic carbocycles. The van der Waals surface area contributed by atoms with Crippen LogP contribution in [-0.4, -0.2) is 18.4 Å². The fraction of sp³-hybridized carbons (Fsp3) is 0.300. The van der Waals surface area contributed by atoms with E-state index in [1.54, 1.807) is 4.90 Å². The highest BCUT2D eigenvalue weighted by molar-refractivity contribution is 9.10. The zero-order chi connectivity index (χ0) is 18.0. The maximum Gasteiger partial charge on any atom is 0.229 e. The molecule has 1 atom stereocenters. The van der Waals surface area contributed by atoms with Crippen LogP contribution in [0.4, 0.5) is 11.4 Å². The summed E-state index contributed by atoms with van der Waals surface area (Å²) < 4.78 is 0.845. The summed E-state index contributed by atoms with van der Waals surface area (Å²) in [6.07, 6.45) is 1.20. The average molecular weight is 401 g/mol. The molecule has 1 saturated heterocycles. The fourth-order valence-electron chi connectivity index (χ4n) is 3.00. The van der Waals surface area contributed by atoms with Gasteiger partial charge in [-0.25, -0.2) is 0 Å². The van der Waals surface area contributed by atoms with Gasteiger partial charge < -0.3 is 10.2 Å². The van der Waals surface area contributed by atoms with Gasteiger partial charge in [-0.15, -0.1) is 0 Å². The molecule has 3 rings (SSSR count). The predicted molar refractivity (Wildman–Crippen MR) is 104 cm³/mol. The van der Waals surface area contributed by atoms with E-state index in [0.29, 0.717) is 6.54 Å².